The van der Waals surface area contributed by atoms with E-state index in [9.17, 15) is 29.2 Å². The van der Waals surface area contributed by atoms with Crippen molar-refractivity contribution >= 4 is 51.9 Å². The SMILES string of the molecule is C#CCCOP(OC1CC(n2cc(C)c(=O)[nH]c2=O)OC1COP(OCCC#N)OC1CC(n2cnc3c(NC(=O)c4ccc(CNC(=O)CCCC(=O)OCC5c6ccccc6-c6ccccc65)cc4)ncnc32)OC1COC(c1ccccc1)(c1ccc(OC)cc1)c1ccc(OC)cc1)N(C(C)C)C(C)C. The Kier molecular flexibility index (Phi) is 26.7. The van der Waals surface area contributed by atoms with Gasteiger partial charge in [0.15, 0.2) is 17.0 Å². The summed E-state index contributed by atoms with van der Waals surface area (Å²) in [5.74, 6) is 2.89. The monoisotopic (exact) mass is 1520 g/mol. The van der Waals surface area contributed by atoms with E-state index in [0.29, 0.717) is 41.1 Å². The molecule has 3 N–H and O–H groups in total. The van der Waals surface area contributed by atoms with E-state index in [1.165, 1.54) is 17.1 Å². The molecule has 26 nitrogen and oxygen atoms in total. The van der Waals surface area contributed by atoms with Crippen molar-refractivity contribution in [2.24, 2.45) is 0 Å². The van der Waals surface area contributed by atoms with Gasteiger partial charge in [-0.15, -0.1) is 12.3 Å². The smallest absolute Gasteiger partial charge is 0.333 e. The van der Waals surface area contributed by atoms with Crippen molar-refractivity contribution in [2.75, 3.05) is 52.6 Å². The molecule has 8 atom stereocenters. The zero-order chi connectivity index (χ0) is 76.6. The number of anilines is 1. The standard InChI is InChI=1S/C81H88N10O16P2/c1-9-10-41-101-108(91(52(2)3)53(4)5)106-67-43-72(89-46-54(6)78(94)88-80(89)96)105-70(67)49-103-109(102-42-19-40-82)107-68-44-73(104-69(68)48-100-81(57-20-12-11-13-21-57,58-32-36-60(97-7)37-33-58)59-34-38-61(98-8)39-35-59)90-51-86-75-76(84-50-85-77(75)90)87-79(95)56-30-28-55(29-31-56)45-83-71(92)26-18-27-74(93)99-47-66-64-24-16-14-22-62(64)63-23-15-17-25-65(63)66/h1,11-17,20-25,28-39,46,50-53,66-70,72-73H,10,18-19,26-27,41-45,47-49H2,2-8H3,(H,83,92)(H,88,94,96)(H,84,85,87,95). The van der Waals surface area contributed by atoms with Gasteiger partial charge in [-0.05, 0) is 122 Å². The number of benzene rings is 6. The lowest BCUT2D eigenvalue weighted by molar-refractivity contribution is -0.144. The summed E-state index contributed by atoms with van der Waals surface area (Å²) in [5.41, 5.74) is 6.24. The lowest BCUT2D eigenvalue weighted by Gasteiger charge is -2.37. The van der Waals surface area contributed by atoms with Crippen molar-refractivity contribution < 1.29 is 65.4 Å². The van der Waals surface area contributed by atoms with Crippen molar-refractivity contribution in [3.8, 4) is 41.0 Å². The first kappa shape index (κ1) is 78.7. The number of nitriles is 1. The summed E-state index contributed by atoms with van der Waals surface area (Å²) in [4.78, 5) is 82.4. The number of hydrogen-bond acceptors (Lipinski definition) is 21. The first-order valence-electron chi connectivity index (χ1n) is 36.2. The van der Waals surface area contributed by atoms with Gasteiger partial charge in [-0.25, -0.2) is 24.4 Å². The molecule has 2 aliphatic heterocycles. The molecule has 3 aliphatic rings. The van der Waals surface area contributed by atoms with Crippen LogP contribution in [-0.4, -0.2) is 135 Å². The molecular formula is C81H88N10O16P2. The Morgan fingerprint density at radius 1 is 0.706 bits per heavy atom. The van der Waals surface area contributed by atoms with Crippen molar-refractivity contribution in [1.29, 1.82) is 5.26 Å². The molecule has 3 aromatic heterocycles. The summed E-state index contributed by atoms with van der Waals surface area (Å²) in [5, 5.41) is 15.7. The molecular weight excluding hydrogens is 1430 g/mol. The van der Waals surface area contributed by atoms with E-state index in [0.717, 1.165) is 44.5 Å². The van der Waals surface area contributed by atoms with Crippen LogP contribution >= 0.6 is 17.1 Å². The summed E-state index contributed by atoms with van der Waals surface area (Å²) in [7, 11) is -0.992. The van der Waals surface area contributed by atoms with E-state index >= 15 is 0 Å². The molecule has 5 heterocycles. The molecule has 0 radical (unpaired) electrons. The Hall–Kier alpha value is -9.89. The minimum Gasteiger partial charge on any atom is -0.497 e. The Morgan fingerprint density at radius 3 is 1.94 bits per heavy atom. The number of aryl methyl sites for hydroxylation is 1. The van der Waals surface area contributed by atoms with Crippen molar-refractivity contribution in [3.63, 3.8) is 0 Å². The third-order valence-corrected chi connectivity index (χ3v) is 22.5. The maximum absolute atomic E-state index is 14.1. The first-order valence-corrected chi connectivity index (χ1v) is 38.4. The average molecular weight is 1520 g/mol. The molecule has 2 fully saturated rings. The van der Waals surface area contributed by atoms with Crippen LogP contribution in [0.4, 0.5) is 5.82 Å². The third-order valence-electron chi connectivity index (χ3n) is 19.1. The largest absolute Gasteiger partial charge is 0.497 e. The molecule has 0 bridgehead atoms. The normalized spacial score (nSPS) is 18.1. The van der Waals surface area contributed by atoms with Crippen molar-refractivity contribution in [2.45, 2.75) is 147 Å². The van der Waals surface area contributed by atoms with E-state index in [1.54, 1.807) is 56.3 Å². The molecule has 8 unspecified atom stereocenters. The summed E-state index contributed by atoms with van der Waals surface area (Å²) < 4.78 is 77.0. The number of ether oxygens (including phenoxy) is 6. The number of H-pyrrole nitrogens is 1. The van der Waals surface area contributed by atoms with Crippen LogP contribution in [0.15, 0.2) is 180 Å². The second kappa shape index (κ2) is 37.0. The summed E-state index contributed by atoms with van der Waals surface area (Å²) in [6, 6.07) is 50.2. The highest BCUT2D eigenvalue weighted by Gasteiger charge is 2.47. The van der Waals surface area contributed by atoms with Crippen molar-refractivity contribution in [3.05, 3.63) is 236 Å². The van der Waals surface area contributed by atoms with Gasteiger partial charge in [0, 0.05) is 74.0 Å². The topological polar surface area (TPSA) is 302 Å². The van der Waals surface area contributed by atoms with Crippen LogP contribution < -0.4 is 31.4 Å². The number of carbonyl (C=O) groups excluding carboxylic acids is 3. The minimum absolute atomic E-state index is 0.0186. The lowest BCUT2D eigenvalue weighted by atomic mass is 9.80. The number of amides is 2. The number of methoxy groups -OCH3 is 2. The van der Waals surface area contributed by atoms with E-state index in [1.807, 2.05) is 131 Å². The maximum Gasteiger partial charge on any atom is 0.333 e. The Labute approximate surface area is 634 Å². The number of fused-ring (bicyclic) bond motifs is 4. The summed E-state index contributed by atoms with van der Waals surface area (Å²) in [6.45, 7) is 9.95. The molecule has 6 aromatic carbocycles. The van der Waals surface area contributed by atoms with Gasteiger partial charge in [0.2, 0.25) is 5.91 Å². The molecule has 1 aliphatic carbocycles. The molecule has 109 heavy (non-hydrogen) atoms. The number of rotatable bonds is 36. The summed E-state index contributed by atoms with van der Waals surface area (Å²) >= 11 is 0. The highest BCUT2D eigenvalue weighted by Crippen LogP contribution is 2.53. The van der Waals surface area contributed by atoms with Gasteiger partial charge >= 0.3 is 20.3 Å². The van der Waals surface area contributed by atoms with Gasteiger partial charge in [0.05, 0.1) is 71.7 Å². The molecule has 0 saturated carbocycles. The third kappa shape index (κ3) is 18.7. The van der Waals surface area contributed by atoms with E-state index < -0.39 is 76.8 Å². The number of hydrogen-bond donors (Lipinski definition) is 3. The lowest BCUT2D eigenvalue weighted by Crippen LogP contribution is -2.38. The van der Waals surface area contributed by atoms with Gasteiger partial charge in [0.1, 0.15) is 54.7 Å². The van der Waals surface area contributed by atoms with E-state index in [4.69, 9.17) is 62.4 Å². The number of imidazole rings is 1. The predicted octanol–water partition coefficient (Wildman–Crippen LogP) is 13.0. The van der Waals surface area contributed by atoms with Gasteiger partial charge in [-0.1, -0.05) is 115 Å². The van der Waals surface area contributed by atoms with E-state index in [2.05, 4.69) is 66.5 Å². The number of aromatic nitrogens is 6. The Balaban J connectivity index is 0.775. The van der Waals surface area contributed by atoms with Gasteiger partial charge in [-0.2, -0.15) is 5.26 Å². The number of esters is 1. The maximum atomic E-state index is 14.1. The highest BCUT2D eigenvalue weighted by atomic mass is 31.2. The molecule has 28 heteroatoms. The first-order chi connectivity index (χ1) is 53.0. The van der Waals surface area contributed by atoms with Gasteiger partial charge in [-0.3, -0.25) is 33.3 Å². The van der Waals surface area contributed by atoms with Gasteiger partial charge < -0.3 is 61.7 Å². The van der Waals surface area contributed by atoms with Crippen LogP contribution in [0.5, 0.6) is 11.5 Å². The van der Waals surface area contributed by atoms with Crippen LogP contribution in [0.1, 0.15) is 140 Å². The van der Waals surface area contributed by atoms with Crippen LogP contribution in [0.2, 0.25) is 0 Å². The quantitative estimate of drug-likeness (QED) is 0.0108. The number of nitrogens with one attached hydrogen (secondary N) is 3. The molecule has 568 valence electrons. The van der Waals surface area contributed by atoms with Crippen LogP contribution in [-0.2, 0) is 63.3 Å². The molecule has 9 aromatic rings. The zero-order valence-corrected chi connectivity index (χ0v) is 63.5. The van der Waals surface area contributed by atoms with Crippen molar-refractivity contribution in [1.82, 2.24) is 39.1 Å². The fourth-order valence-corrected chi connectivity index (χ4v) is 16.7. The van der Waals surface area contributed by atoms with Crippen LogP contribution in [0.25, 0.3) is 22.3 Å². The Bertz CT molecular complexity index is 4700. The number of carbonyl (C=O) groups is 3. The summed E-state index contributed by atoms with van der Waals surface area (Å²) in [6.07, 6.45) is 5.83. The fourth-order valence-electron chi connectivity index (χ4n) is 13.8. The molecule has 2 saturated heterocycles. The number of nitrogens with zero attached hydrogens (tertiary/aromatic N) is 7. The second-order valence-corrected chi connectivity index (χ2v) is 29.5. The van der Waals surface area contributed by atoms with Crippen LogP contribution in [0.3, 0.4) is 0 Å². The predicted molar refractivity (Wildman–Crippen MR) is 409 cm³/mol. The fraction of sp³-hybridized carbons (Fsp3) is 0.370. The Morgan fingerprint density at radius 2 is 1.31 bits per heavy atom. The highest BCUT2D eigenvalue weighted by molar-refractivity contribution is 7.44. The number of aromatic amines is 1. The molecule has 12 rings (SSSR count). The second-order valence-electron chi connectivity index (χ2n) is 26.9. The van der Waals surface area contributed by atoms with Crippen LogP contribution in [0, 0.1) is 30.6 Å². The zero-order valence-electron chi connectivity index (χ0n) is 61.7. The molecule has 2 amide bonds. The number of terminal acetylenes is 1. The minimum atomic E-state index is -2.40. The van der Waals surface area contributed by atoms with Gasteiger partial charge in [0.25, 0.3) is 20.0 Å². The molecule has 0 spiro atoms. The average Bonchev–Trinajstić information content (AvgIpc) is 1.62. The van der Waals surface area contributed by atoms with E-state index in [-0.39, 0.29) is 113 Å².